The van der Waals surface area contributed by atoms with Crippen LogP contribution in [0.5, 0.6) is 0 Å². The fourth-order valence-corrected chi connectivity index (χ4v) is 1.16. The number of hydrogen-bond donors (Lipinski definition) is 0. The first-order valence-electron chi connectivity index (χ1n) is 5.30. The van der Waals surface area contributed by atoms with Crippen molar-refractivity contribution in [1.29, 1.82) is 0 Å². The van der Waals surface area contributed by atoms with Crippen LogP contribution in [0, 0.1) is 0 Å². The molecule has 0 aromatic heterocycles. The van der Waals surface area contributed by atoms with E-state index in [1.165, 1.54) is 0 Å². The van der Waals surface area contributed by atoms with Crippen molar-refractivity contribution in [2.75, 3.05) is 14.1 Å². The van der Waals surface area contributed by atoms with Gasteiger partial charge in [-0.1, -0.05) is 24.3 Å². The van der Waals surface area contributed by atoms with Gasteiger partial charge in [0.15, 0.2) is 0 Å². The number of hydrogen-bond acceptors (Lipinski definition) is 2. The van der Waals surface area contributed by atoms with Gasteiger partial charge < -0.3 is 0 Å². The molecule has 0 aliphatic carbocycles. The summed E-state index contributed by atoms with van der Waals surface area (Å²) in [4.78, 5) is 7.92. The number of aliphatic imine (C=N–C) groups is 2. The van der Waals surface area contributed by atoms with Gasteiger partial charge in [-0.05, 0) is 37.1 Å². The highest BCUT2D eigenvalue weighted by Gasteiger charge is 1.95. The maximum Gasteiger partial charge on any atom is 0.0277 e. The van der Waals surface area contributed by atoms with Crippen molar-refractivity contribution < 1.29 is 0 Å². The van der Waals surface area contributed by atoms with Crippen molar-refractivity contribution in [2.24, 2.45) is 9.98 Å². The number of rotatable bonds is 5. The van der Waals surface area contributed by atoms with Crippen molar-refractivity contribution in [3.05, 3.63) is 47.6 Å². The van der Waals surface area contributed by atoms with Crippen LogP contribution in [0.2, 0.25) is 0 Å². The topological polar surface area (TPSA) is 24.7 Å². The molecule has 0 saturated carbocycles. The lowest BCUT2D eigenvalue weighted by molar-refractivity contribution is 1.45. The Morgan fingerprint density at radius 3 is 1.38 bits per heavy atom. The van der Waals surface area contributed by atoms with Crippen LogP contribution in [0.15, 0.2) is 57.6 Å². The maximum absolute atomic E-state index is 3.96. The minimum absolute atomic E-state index is 1.12. The van der Waals surface area contributed by atoms with Crippen LogP contribution in [0.3, 0.4) is 0 Å². The van der Waals surface area contributed by atoms with Crippen LogP contribution in [-0.2, 0) is 0 Å². The van der Waals surface area contributed by atoms with Gasteiger partial charge in [0.05, 0.1) is 0 Å². The van der Waals surface area contributed by atoms with Crippen molar-refractivity contribution in [1.82, 2.24) is 0 Å². The van der Waals surface area contributed by atoms with Crippen molar-refractivity contribution >= 4 is 12.4 Å². The third-order valence-corrected chi connectivity index (χ3v) is 1.83. The van der Waals surface area contributed by atoms with Crippen LogP contribution in [0.1, 0.15) is 13.8 Å². The molecule has 0 amide bonds. The van der Waals surface area contributed by atoms with Crippen LogP contribution >= 0.6 is 0 Å². The molecule has 2 heteroatoms. The van der Waals surface area contributed by atoms with Crippen molar-refractivity contribution in [3.63, 3.8) is 0 Å². The molecule has 0 heterocycles. The Kier molecular flexibility index (Phi) is 8.79. The van der Waals surface area contributed by atoms with E-state index in [9.17, 15) is 0 Å². The smallest absolute Gasteiger partial charge is 0.0277 e. The van der Waals surface area contributed by atoms with E-state index < -0.39 is 0 Å². The molecule has 0 rings (SSSR count). The molecule has 0 aliphatic heterocycles. The molecule has 0 bridgehead atoms. The molecule has 0 unspecified atom stereocenters. The standard InChI is InChI=1S/C14H20N2/c1-5-7-13(9-11-15-3)14(8-6-2)10-12-16-4/h5-12H,1-4H3/b7-5-,8-6-,13-9-,14-10-,15-11+,16-12+. The lowest BCUT2D eigenvalue weighted by Gasteiger charge is -2.01. The zero-order valence-electron chi connectivity index (χ0n) is 10.5. The lowest BCUT2D eigenvalue weighted by Crippen LogP contribution is -1.86. The zero-order chi connectivity index (χ0) is 12.2. The Labute approximate surface area is 98.5 Å². The van der Waals surface area contributed by atoms with E-state index in [1.54, 1.807) is 26.5 Å². The van der Waals surface area contributed by atoms with Crippen molar-refractivity contribution in [3.8, 4) is 0 Å². The van der Waals surface area contributed by atoms with E-state index in [-0.39, 0.29) is 0 Å². The first kappa shape index (κ1) is 14.3. The second kappa shape index (κ2) is 9.84. The van der Waals surface area contributed by atoms with Gasteiger partial charge in [-0.2, -0.15) is 0 Å². The summed E-state index contributed by atoms with van der Waals surface area (Å²) in [5.74, 6) is 0. The lowest BCUT2D eigenvalue weighted by atomic mass is 10.0. The quantitative estimate of drug-likeness (QED) is 0.497. The van der Waals surface area contributed by atoms with E-state index in [4.69, 9.17) is 0 Å². The first-order valence-corrected chi connectivity index (χ1v) is 5.30. The zero-order valence-corrected chi connectivity index (χ0v) is 10.5. The SMILES string of the molecule is C\C=C/C(=C/C=N/C)C(/C=C\C)=C\C=N\C. The van der Waals surface area contributed by atoms with Gasteiger partial charge in [-0.3, -0.25) is 9.98 Å². The molecule has 0 aromatic carbocycles. The van der Waals surface area contributed by atoms with Gasteiger partial charge >= 0.3 is 0 Å². The summed E-state index contributed by atoms with van der Waals surface area (Å²) in [7, 11) is 3.52. The Hall–Kier alpha value is -1.70. The second-order valence-electron chi connectivity index (χ2n) is 3.06. The monoisotopic (exact) mass is 216 g/mol. The van der Waals surface area contributed by atoms with Gasteiger partial charge in [-0.15, -0.1) is 0 Å². The van der Waals surface area contributed by atoms with Gasteiger partial charge in [0, 0.05) is 26.5 Å². The summed E-state index contributed by atoms with van der Waals surface area (Å²) in [6, 6.07) is 0. The predicted octanol–water partition coefficient (Wildman–Crippen LogP) is 3.39. The van der Waals surface area contributed by atoms with Crippen LogP contribution < -0.4 is 0 Å². The Balaban J connectivity index is 5.25. The molecular weight excluding hydrogens is 196 g/mol. The molecule has 86 valence electrons. The molecule has 0 atom stereocenters. The highest BCUT2D eigenvalue weighted by Crippen LogP contribution is 2.12. The van der Waals surface area contributed by atoms with E-state index in [0.29, 0.717) is 0 Å². The van der Waals surface area contributed by atoms with E-state index >= 15 is 0 Å². The average Bonchev–Trinajstić information content (AvgIpc) is 2.30. The summed E-state index contributed by atoms with van der Waals surface area (Å²) in [5.41, 5.74) is 2.23. The normalized spacial score (nSPS) is 15.2. The summed E-state index contributed by atoms with van der Waals surface area (Å²) in [5, 5.41) is 0. The Morgan fingerprint density at radius 2 is 1.12 bits per heavy atom. The molecule has 0 radical (unpaired) electrons. The van der Waals surface area contributed by atoms with Crippen LogP contribution in [0.4, 0.5) is 0 Å². The fourth-order valence-electron chi connectivity index (χ4n) is 1.16. The summed E-state index contributed by atoms with van der Waals surface area (Å²) in [6.07, 6.45) is 15.7. The predicted molar refractivity (Wildman–Crippen MR) is 74.6 cm³/mol. The highest BCUT2D eigenvalue weighted by molar-refractivity contribution is 5.79. The van der Waals surface area contributed by atoms with Gasteiger partial charge in [0.25, 0.3) is 0 Å². The Bertz CT molecular complexity index is 317. The van der Waals surface area contributed by atoms with E-state index in [1.807, 2.05) is 38.2 Å². The third kappa shape index (κ3) is 5.91. The van der Waals surface area contributed by atoms with Gasteiger partial charge in [0.2, 0.25) is 0 Å². The molecule has 0 fully saturated rings. The summed E-state index contributed by atoms with van der Waals surface area (Å²) in [6.45, 7) is 4.00. The summed E-state index contributed by atoms with van der Waals surface area (Å²) >= 11 is 0. The molecule has 0 aromatic rings. The molecule has 2 nitrogen and oxygen atoms in total. The Morgan fingerprint density at radius 1 is 0.750 bits per heavy atom. The second-order valence-corrected chi connectivity index (χ2v) is 3.06. The first-order chi connectivity index (χ1) is 7.79. The number of nitrogens with zero attached hydrogens (tertiary/aromatic N) is 2. The average molecular weight is 216 g/mol. The van der Waals surface area contributed by atoms with E-state index in [0.717, 1.165) is 11.1 Å². The minimum Gasteiger partial charge on any atom is -0.296 e. The largest absolute Gasteiger partial charge is 0.296 e. The molecule has 0 spiro atoms. The molecule has 0 aliphatic rings. The van der Waals surface area contributed by atoms with Gasteiger partial charge in [0.1, 0.15) is 0 Å². The highest BCUT2D eigenvalue weighted by atomic mass is 14.6. The molecule has 0 saturated heterocycles. The van der Waals surface area contributed by atoms with Gasteiger partial charge in [-0.25, -0.2) is 0 Å². The number of allylic oxidation sites excluding steroid dienone is 8. The fraction of sp³-hybridized carbons (Fsp3) is 0.286. The minimum atomic E-state index is 1.12. The van der Waals surface area contributed by atoms with E-state index in [2.05, 4.69) is 22.1 Å². The summed E-state index contributed by atoms with van der Waals surface area (Å²) < 4.78 is 0. The third-order valence-electron chi connectivity index (χ3n) is 1.83. The molecule has 0 N–H and O–H groups in total. The maximum atomic E-state index is 3.96. The van der Waals surface area contributed by atoms with Crippen molar-refractivity contribution in [2.45, 2.75) is 13.8 Å². The van der Waals surface area contributed by atoms with Crippen LogP contribution in [0.25, 0.3) is 0 Å². The molecular formula is C14H20N2. The van der Waals surface area contributed by atoms with Crippen LogP contribution in [-0.4, -0.2) is 26.5 Å². The molecule has 16 heavy (non-hydrogen) atoms.